The molecule has 0 unspecified atom stereocenters. The number of nitrogens with zero attached hydrogens (tertiary/aromatic N) is 3. The molecule has 1 aliphatic carbocycles. The molecule has 0 fully saturated rings. The number of hydrogen-bond donors (Lipinski definition) is 2. The number of pyridine rings is 1. The van der Waals surface area contributed by atoms with E-state index >= 15 is 0 Å². The molecule has 3 aromatic rings. The first-order chi connectivity index (χ1) is 13.3. The predicted molar refractivity (Wildman–Crippen MR) is 111 cm³/mol. The summed E-state index contributed by atoms with van der Waals surface area (Å²) in [7, 11) is 0. The molecule has 2 aromatic heterocycles. The SMILES string of the molecule is Cc1cc(NCCC2=CCCCC2)nc(Nc2cccc3cccnc23)n1. The maximum Gasteiger partial charge on any atom is 0.229 e. The zero-order valence-corrected chi connectivity index (χ0v) is 15.7. The molecule has 0 saturated heterocycles. The molecule has 0 amide bonds. The molecule has 2 heterocycles. The summed E-state index contributed by atoms with van der Waals surface area (Å²) in [6.45, 7) is 2.89. The first-order valence-electron chi connectivity index (χ1n) is 9.66. The van der Waals surface area contributed by atoms with Crippen molar-refractivity contribution in [2.75, 3.05) is 17.2 Å². The Morgan fingerprint density at radius 3 is 2.89 bits per heavy atom. The van der Waals surface area contributed by atoms with E-state index in [4.69, 9.17) is 0 Å². The van der Waals surface area contributed by atoms with E-state index in [1.807, 2.05) is 31.2 Å². The number of nitrogens with one attached hydrogen (secondary N) is 2. The zero-order valence-electron chi connectivity index (χ0n) is 15.7. The second kappa shape index (κ2) is 8.16. The van der Waals surface area contributed by atoms with Crippen molar-refractivity contribution in [3.05, 3.63) is 59.9 Å². The average Bonchev–Trinajstić information content (AvgIpc) is 2.69. The van der Waals surface area contributed by atoms with E-state index in [1.165, 1.54) is 25.7 Å². The summed E-state index contributed by atoms with van der Waals surface area (Å²) < 4.78 is 0. The zero-order chi connectivity index (χ0) is 18.5. The molecule has 5 heteroatoms. The Hall–Kier alpha value is -2.95. The Morgan fingerprint density at radius 2 is 2.00 bits per heavy atom. The highest BCUT2D eigenvalue weighted by molar-refractivity contribution is 5.91. The molecule has 0 radical (unpaired) electrons. The molecule has 1 aromatic carbocycles. The fourth-order valence-corrected chi connectivity index (χ4v) is 3.52. The minimum absolute atomic E-state index is 0.590. The third-order valence-electron chi connectivity index (χ3n) is 4.87. The average molecular weight is 359 g/mol. The molecule has 0 saturated carbocycles. The van der Waals surface area contributed by atoms with Gasteiger partial charge in [-0.1, -0.05) is 29.8 Å². The van der Waals surface area contributed by atoms with E-state index < -0.39 is 0 Å². The largest absolute Gasteiger partial charge is 0.370 e. The van der Waals surface area contributed by atoms with Crippen molar-refractivity contribution >= 4 is 28.4 Å². The molecule has 138 valence electrons. The summed E-state index contributed by atoms with van der Waals surface area (Å²) in [5.41, 5.74) is 4.33. The summed E-state index contributed by atoms with van der Waals surface area (Å²) in [5, 5.41) is 7.87. The van der Waals surface area contributed by atoms with E-state index in [2.05, 4.69) is 43.8 Å². The van der Waals surface area contributed by atoms with Gasteiger partial charge < -0.3 is 10.6 Å². The first-order valence-corrected chi connectivity index (χ1v) is 9.66. The number of para-hydroxylation sites is 1. The van der Waals surface area contributed by atoms with Gasteiger partial charge in [-0.2, -0.15) is 4.98 Å². The fraction of sp³-hybridized carbons (Fsp3) is 0.318. The summed E-state index contributed by atoms with van der Waals surface area (Å²) in [4.78, 5) is 13.7. The lowest BCUT2D eigenvalue weighted by Gasteiger charge is -2.14. The summed E-state index contributed by atoms with van der Waals surface area (Å²) in [5.74, 6) is 1.45. The van der Waals surface area contributed by atoms with Gasteiger partial charge in [-0.3, -0.25) is 4.98 Å². The van der Waals surface area contributed by atoms with Crippen LogP contribution in [0.25, 0.3) is 10.9 Å². The van der Waals surface area contributed by atoms with Gasteiger partial charge >= 0.3 is 0 Å². The van der Waals surface area contributed by atoms with Crippen LogP contribution in [0.15, 0.2) is 54.2 Å². The van der Waals surface area contributed by atoms with Crippen molar-refractivity contribution in [2.45, 2.75) is 39.0 Å². The van der Waals surface area contributed by atoms with Crippen molar-refractivity contribution < 1.29 is 0 Å². The Balaban J connectivity index is 1.47. The standard InChI is InChI=1S/C22H25N5/c1-16-15-20(23-14-12-17-7-3-2-4-8-17)27-22(25-16)26-19-11-5-9-18-10-6-13-24-21(18)19/h5-7,9-11,13,15H,2-4,8,12,14H2,1H3,(H2,23,25,26,27). The monoisotopic (exact) mass is 359 g/mol. The van der Waals surface area contributed by atoms with Crippen LogP contribution < -0.4 is 10.6 Å². The normalized spacial score (nSPS) is 14.0. The van der Waals surface area contributed by atoms with Gasteiger partial charge in [0.1, 0.15) is 5.82 Å². The van der Waals surface area contributed by atoms with Gasteiger partial charge in [0.05, 0.1) is 11.2 Å². The van der Waals surface area contributed by atoms with Crippen LogP contribution in [0.2, 0.25) is 0 Å². The van der Waals surface area contributed by atoms with Crippen LogP contribution in [0, 0.1) is 6.92 Å². The molecule has 0 spiro atoms. The van der Waals surface area contributed by atoms with Crippen molar-refractivity contribution in [2.24, 2.45) is 0 Å². The van der Waals surface area contributed by atoms with Crippen LogP contribution in [-0.4, -0.2) is 21.5 Å². The predicted octanol–water partition coefficient (Wildman–Crippen LogP) is 5.38. The van der Waals surface area contributed by atoms with Gasteiger partial charge in [-0.25, -0.2) is 4.98 Å². The summed E-state index contributed by atoms with van der Waals surface area (Å²) in [6.07, 6.45) is 10.4. The van der Waals surface area contributed by atoms with Crippen molar-refractivity contribution in [3.63, 3.8) is 0 Å². The van der Waals surface area contributed by atoms with E-state index in [-0.39, 0.29) is 0 Å². The Bertz CT molecular complexity index is 959. The van der Waals surface area contributed by atoms with Crippen molar-refractivity contribution in [3.8, 4) is 0 Å². The van der Waals surface area contributed by atoms with Gasteiger partial charge in [0, 0.05) is 29.9 Å². The molecule has 0 atom stereocenters. The number of benzene rings is 1. The topological polar surface area (TPSA) is 62.7 Å². The maximum atomic E-state index is 4.64. The number of fused-ring (bicyclic) bond motifs is 1. The van der Waals surface area contributed by atoms with Gasteiger partial charge in [-0.05, 0) is 51.2 Å². The molecule has 2 N–H and O–H groups in total. The molecule has 1 aliphatic rings. The number of aromatic nitrogens is 3. The minimum atomic E-state index is 0.590. The quantitative estimate of drug-likeness (QED) is 0.579. The first kappa shape index (κ1) is 17.5. The van der Waals surface area contributed by atoms with E-state index in [9.17, 15) is 0 Å². The Labute approximate surface area is 160 Å². The summed E-state index contributed by atoms with van der Waals surface area (Å²) in [6, 6.07) is 12.1. The number of rotatable bonds is 6. The van der Waals surface area contributed by atoms with E-state index in [0.29, 0.717) is 5.95 Å². The van der Waals surface area contributed by atoms with E-state index in [1.54, 1.807) is 11.8 Å². The minimum Gasteiger partial charge on any atom is -0.370 e. The highest BCUT2D eigenvalue weighted by atomic mass is 15.1. The molecule has 0 bridgehead atoms. The lowest BCUT2D eigenvalue weighted by Crippen LogP contribution is -2.08. The number of allylic oxidation sites excluding steroid dienone is 1. The van der Waals surface area contributed by atoms with E-state index in [0.717, 1.165) is 41.1 Å². The van der Waals surface area contributed by atoms with Gasteiger partial charge in [0.2, 0.25) is 5.95 Å². The van der Waals surface area contributed by atoms with Crippen LogP contribution in [-0.2, 0) is 0 Å². The third kappa shape index (κ3) is 4.42. The third-order valence-corrected chi connectivity index (χ3v) is 4.87. The smallest absolute Gasteiger partial charge is 0.229 e. The molecule has 0 aliphatic heterocycles. The van der Waals surface area contributed by atoms with Crippen LogP contribution >= 0.6 is 0 Å². The second-order valence-corrected chi connectivity index (χ2v) is 7.01. The van der Waals surface area contributed by atoms with Crippen LogP contribution in [0.3, 0.4) is 0 Å². The second-order valence-electron chi connectivity index (χ2n) is 7.01. The van der Waals surface area contributed by atoms with Crippen LogP contribution in [0.1, 0.15) is 37.8 Å². The van der Waals surface area contributed by atoms with Crippen LogP contribution in [0.4, 0.5) is 17.5 Å². The van der Waals surface area contributed by atoms with Crippen LogP contribution in [0.5, 0.6) is 0 Å². The van der Waals surface area contributed by atoms with Crippen molar-refractivity contribution in [1.29, 1.82) is 0 Å². The Morgan fingerprint density at radius 1 is 1.07 bits per heavy atom. The number of aryl methyl sites for hydroxylation is 1. The number of hydrogen-bond acceptors (Lipinski definition) is 5. The fourth-order valence-electron chi connectivity index (χ4n) is 3.52. The molecule has 5 nitrogen and oxygen atoms in total. The highest BCUT2D eigenvalue weighted by Crippen LogP contribution is 2.24. The molecular weight excluding hydrogens is 334 g/mol. The maximum absolute atomic E-state index is 4.64. The van der Waals surface area contributed by atoms with Crippen molar-refractivity contribution in [1.82, 2.24) is 15.0 Å². The lowest BCUT2D eigenvalue weighted by atomic mass is 9.97. The van der Waals surface area contributed by atoms with Gasteiger partial charge in [0.15, 0.2) is 0 Å². The Kier molecular flexibility index (Phi) is 5.28. The molecule has 27 heavy (non-hydrogen) atoms. The molecular formula is C22H25N5. The number of anilines is 3. The molecule has 4 rings (SSSR count). The van der Waals surface area contributed by atoms with Gasteiger partial charge in [-0.15, -0.1) is 0 Å². The highest BCUT2D eigenvalue weighted by Gasteiger charge is 2.07. The van der Waals surface area contributed by atoms with Gasteiger partial charge in [0.25, 0.3) is 0 Å². The lowest BCUT2D eigenvalue weighted by molar-refractivity contribution is 0.679. The summed E-state index contributed by atoms with van der Waals surface area (Å²) >= 11 is 0.